The molecule has 0 fully saturated rings. The van der Waals surface area contributed by atoms with Crippen LogP contribution in [0.25, 0.3) is 0 Å². The zero-order valence-corrected chi connectivity index (χ0v) is 13.5. The Morgan fingerprint density at radius 3 is 2.33 bits per heavy atom. The summed E-state index contributed by atoms with van der Waals surface area (Å²) in [5, 5.41) is 0.518. The van der Waals surface area contributed by atoms with E-state index in [4.69, 9.17) is 16.3 Å². The molecule has 21 heavy (non-hydrogen) atoms. The topological polar surface area (TPSA) is 26.3 Å². The van der Waals surface area contributed by atoms with Crippen LogP contribution in [-0.4, -0.2) is 6.29 Å². The van der Waals surface area contributed by atoms with Crippen LogP contribution < -0.4 is 4.74 Å². The molecule has 0 heterocycles. The number of hydrogen-bond donors (Lipinski definition) is 0. The zero-order valence-electron chi connectivity index (χ0n) is 12.7. The molecular formula is C18H19ClO2. The van der Waals surface area contributed by atoms with Crippen LogP contribution in [0.1, 0.15) is 42.3 Å². The Morgan fingerprint density at radius 1 is 1.05 bits per heavy atom. The fraction of sp³-hybridized carbons (Fsp3) is 0.278. The Bertz CT molecular complexity index is 669. The molecular weight excluding hydrogens is 284 g/mol. The first-order chi connectivity index (χ1) is 9.81. The molecule has 2 aromatic carbocycles. The first kappa shape index (κ1) is 15.6. The average molecular weight is 303 g/mol. The third-order valence-electron chi connectivity index (χ3n) is 3.26. The molecule has 2 rings (SSSR count). The molecule has 0 saturated carbocycles. The molecule has 0 aliphatic rings. The first-order valence-electron chi connectivity index (χ1n) is 6.85. The molecule has 0 aliphatic heterocycles. The smallest absolute Gasteiger partial charge is 0.153 e. The third kappa shape index (κ3) is 3.64. The van der Waals surface area contributed by atoms with Gasteiger partial charge in [-0.05, 0) is 36.6 Å². The second-order valence-electron chi connectivity index (χ2n) is 6.15. The highest BCUT2D eigenvalue weighted by Gasteiger charge is 2.20. The number of aldehydes is 1. The van der Waals surface area contributed by atoms with Gasteiger partial charge in [-0.25, -0.2) is 0 Å². The number of halogens is 1. The second kappa shape index (κ2) is 5.90. The summed E-state index contributed by atoms with van der Waals surface area (Å²) in [6.07, 6.45) is 0.756. The van der Waals surface area contributed by atoms with E-state index in [-0.39, 0.29) is 5.41 Å². The standard InChI is InChI=1S/C18H19ClO2/c1-12-5-7-17(15(9-12)18(2,3)4)21-16-8-6-14(19)10-13(16)11-20/h5-11H,1-4H3. The highest BCUT2D eigenvalue weighted by atomic mass is 35.5. The molecule has 0 N–H and O–H groups in total. The van der Waals surface area contributed by atoms with Crippen LogP contribution in [-0.2, 0) is 5.41 Å². The Labute approximate surface area is 130 Å². The van der Waals surface area contributed by atoms with Crippen molar-refractivity contribution in [3.05, 3.63) is 58.1 Å². The van der Waals surface area contributed by atoms with Crippen molar-refractivity contribution in [2.45, 2.75) is 33.1 Å². The Balaban J connectivity index is 2.47. The molecule has 0 saturated heterocycles. The van der Waals surface area contributed by atoms with Gasteiger partial charge in [0.05, 0.1) is 5.56 Å². The van der Waals surface area contributed by atoms with Gasteiger partial charge in [-0.2, -0.15) is 0 Å². The summed E-state index contributed by atoms with van der Waals surface area (Å²) >= 11 is 5.91. The summed E-state index contributed by atoms with van der Waals surface area (Å²) in [7, 11) is 0. The van der Waals surface area contributed by atoms with Gasteiger partial charge in [-0.3, -0.25) is 4.79 Å². The summed E-state index contributed by atoms with van der Waals surface area (Å²) in [6, 6.07) is 11.1. The largest absolute Gasteiger partial charge is 0.456 e. The number of benzene rings is 2. The second-order valence-corrected chi connectivity index (χ2v) is 6.59. The monoisotopic (exact) mass is 302 g/mol. The van der Waals surface area contributed by atoms with E-state index in [9.17, 15) is 4.79 Å². The van der Waals surface area contributed by atoms with Crippen molar-refractivity contribution in [2.24, 2.45) is 0 Å². The third-order valence-corrected chi connectivity index (χ3v) is 3.50. The van der Waals surface area contributed by atoms with E-state index in [1.165, 1.54) is 5.56 Å². The summed E-state index contributed by atoms with van der Waals surface area (Å²) in [4.78, 5) is 11.2. The minimum absolute atomic E-state index is 0.0465. The summed E-state index contributed by atoms with van der Waals surface area (Å²) in [5.74, 6) is 1.28. The fourth-order valence-electron chi connectivity index (χ4n) is 2.14. The van der Waals surface area contributed by atoms with Crippen LogP contribution in [0.2, 0.25) is 5.02 Å². The van der Waals surface area contributed by atoms with Crippen LogP contribution >= 0.6 is 11.6 Å². The lowest BCUT2D eigenvalue weighted by Crippen LogP contribution is -2.13. The number of ether oxygens (including phenoxy) is 1. The fourth-order valence-corrected chi connectivity index (χ4v) is 2.32. The molecule has 110 valence electrons. The van der Waals surface area contributed by atoms with E-state index in [0.717, 1.165) is 17.6 Å². The van der Waals surface area contributed by atoms with Crippen molar-refractivity contribution in [2.75, 3.05) is 0 Å². The zero-order chi connectivity index (χ0) is 15.6. The van der Waals surface area contributed by atoms with Crippen LogP contribution in [0.5, 0.6) is 11.5 Å². The lowest BCUT2D eigenvalue weighted by Gasteiger charge is -2.23. The van der Waals surface area contributed by atoms with Gasteiger partial charge >= 0.3 is 0 Å². The molecule has 0 spiro atoms. The predicted molar refractivity (Wildman–Crippen MR) is 86.8 cm³/mol. The van der Waals surface area contributed by atoms with Crippen molar-refractivity contribution in [1.29, 1.82) is 0 Å². The molecule has 0 unspecified atom stereocenters. The van der Waals surface area contributed by atoms with Gasteiger partial charge in [0.15, 0.2) is 6.29 Å². The number of hydrogen-bond acceptors (Lipinski definition) is 2. The number of aryl methyl sites for hydroxylation is 1. The van der Waals surface area contributed by atoms with Gasteiger partial charge < -0.3 is 4.74 Å². The van der Waals surface area contributed by atoms with E-state index >= 15 is 0 Å². The van der Waals surface area contributed by atoms with Crippen LogP contribution in [0.4, 0.5) is 0 Å². The molecule has 0 aromatic heterocycles. The number of carbonyl (C=O) groups excluding carboxylic acids is 1. The highest BCUT2D eigenvalue weighted by Crippen LogP contribution is 2.36. The Kier molecular flexibility index (Phi) is 4.38. The number of carbonyl (C=O) groups is 1. The molecule has 0 atom stereocenters. The molecule has 3 heteroatoms. The quantitative estimate of drug-likeness (QED) is 0.695. The lowest BCUT2D eigenvalue weighted by molar-refractivity contribution is 0.112. The maximum Gasteiger partial charge on any atom is 0.153 e. The average Bonchev–Trinajstić information content (AvgIpc) is 2.41. The lowest BCUT2D eigenvalue weighted by atomic mass is 9.85. The van der Waals surface area contributed by atoms with Gasteiger partial charge in [0.1, 0.15) is 11.5 Å². The molecule has 0 aliphatic carbocycles. The normalized spacial score (nSPS) is 11.3. The SMILES string of the molecule is Cc1ccc(Oc2ccc(Cl)cc2C=O)c(C(C)(C)C)c1. The van der Waals surface area contributed by atoms with Crippen molar-refractivity contribution in [3.8, 4) is 11.5 Å². The minimum Gasteiger partial charge on any atom is -0.456 e. The molecule has 2 nitrogen and oxygen atoms in total. The van der Waals surface area contributed by atoms with Gasteiger partial charge in [0.25, 0.3) is 0 Å². The van der Waals surface area contributed by atoms with Crippen LogP contribution in [0, 0.1) is 6.92 Å². The van der Waals surface area contributed by atoms with Crippen LogP contribution in [0.15, 0.2) is 36.4 Å². The van der Waals surface area contributed by atoms with E-state index in [1.54, 1.807) is 18.2 Å². The number of rotatable bonds is 3. The van der Waals surface area contributed by atoms with Crippen molar-refractivity contribution in [3.63, 3.8) is 0 Å². The maximum absolute atomic E-state index is 11.2. The summed E-state index contributed by atoms with van der Waals surface area (Å²) in [5.41, 5.74) is 2.69. The Hall–Kier alpha value is -1.80. The van der Waals surface area contributed by atoms with Gasteiger partial charge in [-0.15, -0.1) is 0 Å². The van der Waals surface area contributed by atoms with E-state index < -0.39 is 0 Å². The van der Waals surface area contributed by atoms with Gasteiger partial charge in [0, 0.05) is 10.6 Å². The Morgan fingerprint density at radius 2 is 1.71 bits per heavy atom. The maximum atomic E-state index is 11.2. The van der Waals surface area contributed by atoms with Crippen molar-refractivity contribution >= 4 is 17.9 Å². The molecule has 0 radical (unpaired) electrons. The van der Waals surface area contributed by atoms with E-state index in [0.29, 0.717) is 16.3 Å². The predicted octanol–water partition coefficient (Wildman–Crippen LogP) is 5.55. The minimum atomic E-state index is -0.0465. The summed E-state index contributed by atoms with van der Waals surface area (Å²) < 4.78 is 5.98. The molecule has 2 aromatic rings. The van der Waals surface area contributed by atoms with E-state index in [2.05, 4.69) is 33.8 Å². The van der Waals surface area contributed by atoms with Crippen LogP contribution in [0.3, 0.4) is 0 Å². The molecule has 0 bridgehead atoms. The molecule has 0 amide bonds. The highest BCUT2D eigenvalue weighted by molar-refractivity contribution is 6.30. The first-order valence-corrected chi connectivity index (χ1v) is 7.23. The van der Waals surface area contributed by atoms with Gasteiger partial charge in [-0.1, -0.05) is 50.1 Å². The van der Waals surface area contributed by atoms with Crippen molar-refractivity contribution in [1.82, 2.24) is 0 Å². The van der Waals surface area contributed by atoms with Gasteiger partial charge in [0.2, 0.25) is 0 Å². The van der Waals surface area contributed by atoms with Crippen molar-refractivity contribution < 1.29 is 9.53 Å². The summed E-state index contributed by atoms with van der Waals surface area (Å²) in [6.45, 7) is 8.46. The van der Waals surface area contributed by atoms with E-state index in [1.807, 2.05) is 12.1 Å².